The van der Waals surface area contributed by atoms with Crippen molar-refractivity contribution in [1.82, 2.24) is 16.0 Å². The number of amides is 2. The number of benzene rings is 2. The van der Waals surface area contributed by atoms with Crippen LogP contribution in [0.25, 0.3) is 0 Å². The summed E-state index contributed by atoms with van der Waals surface area (Å²) in [4.78, 5) is 26.6. The van der Waals surface area contributed by atoms with Crippen molar-refractivity contribution in [2.45, 2.75) is 77.8 Å². The zero-order chi connectivity index (χ0) is 27.3. The van der Waals surface area contributed by atoms with Crippen molar-refractivity contribution in [3.63, 3.8) is 0 Å². The van der Waals surface area contributed by atoms with Crippen LogP contribution in [0.5, 0.6) is 5.75 Å². The lowest BCUT2D eigenvalue weighted by Crippen LogP contribution is -2.51. The number of carbonyl (C=O) groups excluding carboxylic acids is 2. The van der Waals surface area contributed by atoms with Gasteiger partial charge < -0.3 is 20.7 Å². The fraction of sp³-hybridized carbons (Fsp3) is 0.548. The van der Waals surface area contributed by atoms with Crippen LogP contribution in [0.4, 0.5) is 0 Å². The molecule has 2 amide bonds. The predicted octanol–water partition coefficient (Wildman–Crippen LogP) is 5.27. The lowest BCUT2D eigenvalue weighted by Gasteiger charge is -2.28. The van der Waals surface area contributed by atoms with Gasteiger partial charge in [-0.2, -0.15) is 0 Å². The average Bonchev–Trinajstić information content (AvgIpc) is 2.89. The Bertz CT molecular complexity index is 1030. The van der Waals surface area contributed by atoms with Crippen LogP contribution in [0, 0.1) is 15.4 Å². The summed E-state index contributed by atoms with van der Waals surface area (Å²) >= 11 is 2.31. The molecule has 3 atom stereocenters. The number of carbonyl (C=O) groups is 2. The summed E-state index contributed by atoms with van der Waals surface area (Å²) in [6.07, 6.45) is 5.69. The normalized spacial score (nSPS) is 22.4. The molecule has 0 unspecified atom stereocenters. The van der Waals surface area contributed by atoms with Gasteiger partial charge in [0.1, 0.15) is 12.4 Å². The Morgan fingerprint density at radius 2 is 1.84 bits per heavy atom. The average molecular weight is 634 g/mol. The second kappa shape index (κ2) is 16.1. The summed E-state index contributed by atoms with van der Waals surface area (Å²) in [6, 6.07) is 16.0. The first-order valence-electron chi connectivity index (χ1n) is 14.1. The third kappa shape index (κ3) is 9.88. The van der Waals surface area contributed by atoms with Crippen LogP contribution in [-0.2, 0) is 22.4 Å². The molecule has 0 spiro atoms. The molecule has 0 radical (unpaired) electrons. The van der Waals surface area contributed by atoms with E-state index in [0.717, 1.165) is 59.0 Å². The van der Waals surface area contributed by atoms with Gasteiger partial charge in [-0.3, -0.25) is 9.59 Å². The number of aryl methyl sites for hydroxylation is 1. The van der Waals surface area contributed by atoms with Crippen molar-refractivity contribution in [1.29, 1.82) is 0 Å². The van der Waals surface area contributed by atoms with E-state index in [0.29, 0.717) is 26.1 Å². The molecule has 0 bridgehead atoms. The summed E-state index contributed by atoms with van der Waals surface area (Å²) in [5.41, 5.74) is 2.26. The lowest BCUT2D eigenvalue weighted by atomic mass is 9.90. The molecule has 38 heavy (non-hydrogen) atoms. The summed E-state index contributed by atoms with van der Waals surface area (Å²) in [5.74, 6) is 1.23. The van der Waals surface area contributed by atoms with Gasteiger partial charge >= 0.3 is 0 Å². The van der Waals surface area contributed by atoms with E-state index in [2.05, 4.69) is 83.6 Å². The minimum absolute atomic E-state index is 0.000529. The minimum atomic E-state index is -0.373. The van der Waals surface area contributed by atoms with Gasteiger partial charge in [-0.1, -0.05) is 57.5 Å². The molecule has 1 aliphatic heterocycles. The molecule has 2 aromatic carbocycles. The molecule has 1 heterocycles. The Labute approximate surface area is 242 Å². The topological polar surface area (TPSA) is 79.5 Å². The number of hydrogen-bond donors (Lipinski definition) is 3. The smallest absolute Gasteiger partial charge is 0.237 e. The van der Waals surface area contributed by atoms with Crippen molar-refractivity contribution in [3.8, 4) is 5.75 Å². The van der Waals surface area contributed by atoms with Crippen molar-refractivity contribution >= 4 is 34.4 Å². The molecule has 6 nitrogen and oxygen atoms in total. The maximum Gasteiger partial charge on any atom is 0.237 e. The molecule has 208 valence electrons. The quantitative estimate of drug-likeness (QED) is 0.393. The maximum absolute atomic E-state index is 13.6. The van der Waals surface area contributed by atoms with Crippen molar-refractivity contribution < 1.29 is 14.3 Å². The number of fused-ring (bicyclic) bond motifs is 1. The Kier molecular flexibility index (Phi) is 12.9. The van der Waals surface area contributed by atoms with Crippen LogP contribution in [0.3, 0.4) is 0 Å². The summed E-state index contributed by atoms with van der Waals surface area (Å²) in [6.45, 7) is 8.09. The zero-order valence-electron chi connectivity index (χ0n) is 23.1. The van der Waals surface area contributed by atoms with E-state index in [1.807, 2.05) is 24.3 Å². The third-order valence-electron chi connectivity index (χ3n) is 7.26. The van der Waals surface area contributed by atoms with E-state index in [1.54, 1.807) is 0 Å². The van der Waals surface area contributed by atoms with Crippen LogP contribution >= 0.6 is 22.6 Å². The fourth-order valence-corrected chi connectivity index (χ4v) is 5.64. The van der Waals surface area contributed by atoms with Crippen molar-refractivity contribution in [3.05, 3.63) is 63.2 Å². The highest BCUT2D eigenvalue weighted by Crippen LogP contribution is 2.21. The van der Waals surface area contributed by atoms with Gasteiger partial charge in [0.05, 0.1) is 6.04 Å². The van der Waals surface area contributed by atoms with Gasteiger partial charge in [0.2, 0.25) is 11.8 Å². The molecule has 0 saturated heterocycles. The summed E-state index contributed by atoms with van der Waals surface area (Å²) in [5, 5.41) is 9.95. The highest BCUT2D eigenvalue weighted by atomic mass is 127. The largest absolute Gasteiger partial charge is 0.492 e. The van der Waals surface area contributed by atoms with Crippen LogP contribution in [0.1, 0.15) is 64.0 Å². The predicted molar refractivity (Wildman–Crippen MR) is 162 cm³/mol. The van der Waals surface area contributed by atoms with Crippen molar-refractivity contribution in [2.75, 3.05) is 19.7 Å². The molecule has 7 heteroatoms. The Hall–Kier alpha value is -2.13. The van der Waals surface area contributed by atoms with E-state index in [-0.39, 0.29) is 35.7 Å². The fourth-order valence-electron chi connectivity index (χ4n) is 5.03. The molecule has 0 fully saturated rings. The second-order valence-electron chi connectivity index (χ2n) is 10.6. The molecule has 3 N–H and O–H groups in total. The molecule has 3 rings (SSSR count). The number of rotatable bonds is 5. The number of hydrogen-bond acceptors (Lipinski definition) is 4. The second-order valence-corrected chi connectivity index (χ2v) is 11.9. The molecule has 0 aliphatic carbocycles. The van der Waals surface area contributed by atoms with Crippen molar-refractivity contribution in [2.24, 2.45) is 11.8 Å². The molecule has 0 aromatic heterocycles. The van der Waals surface area contributed by atoms with Crippen LogP contribution in [-0.4, -0.2) is 43.6 Å². The SMILES string of the molecule is CCC[C@@H]1CC[C@@H](C(C)C)NC(=O)[C@@H](Cc2cccc(I)c2)NCCOc2ccccc2CCCNC1=O. The highest BCUT2D eigenvalue weighted by Gasteiger charge is 2.26. The number of para-hydroxylation sites is 1. The van der Waals surface area contributed by atoms with Crippen LogP contribution < -0.4 is 20.7 Å². The molecular weight excluding hydrogens is 589 g/mol. The van der Waals surface area contributed by atoms with E-state index in [1.165, 1.54) is 0 Å². The van der Waals surface area contributed by atoms with E-state index in [9.17, 15) is 9.59 Å². The van der Waals surface area contributed by atoms with E-state index < -0.39 is 0 Å². The summed E-state index contributed by atoms with van der Waals surface area (Å²) < 4.78 is 7.29. The monoisotopic (exact) mass is 633 g/mol. The van der Waals surface area contributed by atoms with E-state index >= 15 is 0 Å². The van der Waals surface area contributed by atoms with Crippen LogP contribution in [0.15, 0.2) is 48.5 Å². The van der Waals surface area contributed by atoms with Gasteiger partial charge in [-0.05, 0) is 96.4 Å². The highest BCUT2D eigenvalue weighted by molar-refractivity contribution is 14.1. The van der Waals surface area contributed by atoms with Crippen LogP contribution in [0.2, 0.25) is 0 Å². The zero-order valence-corrected chi connectivity index (χ0v) is 25.3. The lowest BCUT2D eigenvalue weighted by molar-refractivity contribution is -0.125. The van der Waals surface area contributed by atoms with Gasteiger partial charge in [0.15, 0.2) is 0 Å². The number of nitrogens with one attached hydrogen (secondary N) is 3. The third-order valence-corrected chi connectivity index (χ3v) is 7.93. The maximum atomic E-state index is 13.6. The molecule has 1 aliphatic rings. The summed E-state index contributed by atoms with van der Waals surface area (Å²) in [7, 11) is 0. The minimum Gasteiger partial charge on any atom is -0.492 e. The Morgan fingerprint density at radius 3 is 2.61 bits per heavy atom. The van der Waals surface area contributed by atoms with Gasteiger partial charge in [-0.25, -0.2) is 0 Å². The number of ether oxygens (including phenoxy) is 1. The standard InChI is InChI=1S/C31H44IN3O3/c1-4-9-25-15-16-27(22(2)3)35-31(37)28(21-23-10-7-13-26(32)20-23)33-18-19-38-29-14-6-5-11-24(29)12-8-17-34-30(25)36/h5-7,10-11,13-14,20,22,25,27-28,33H,4,8-9,12,15-19,21H2,1-3H3,(H,34,36)(H,35,37)/t25-,27+,28-/m1/s1. The Balaban J connectivity index is 1.81. The van der Waals surface area contributed by atoms with Gasteiger partial charge in [-0.15, -0.1) is 0 Å². The number of halogens is 1. The van der Waals surface area contributed by atoms with Gasteiger partial charge in [0.25, 0.3) is 0 Å². The Morgan fingerprint density at radius 1 is 1.03 bits per heavy atom. The molecular formula is C31H44IN3O3. The first kappa shape index (κ1) is 30.4. The van der Waals surface area contributed by atoms with E-state index in [4.69, 9.17) is 4.74 Å². The van der Waals surface area contributed by atoms with Gasteiger partial charge in [0, 0.05) is 28.6 Å². The first-order valence-corrected chi connectivity index (χ1v) is 15.2. The molecule has 2 aromatic rings. The first-order chi connectivity index (χ1) is 18.4. The molecule has 0 saturated carbocycles.